The molecule has 1 unspecified atom stereocenters. The van der Waals surface area contributed by atoms with Gasteiger partial charge in [0.25, 0.3) is 0 Å². The lowest BCUT2D eigenvalue weighted by atomic mass is 10.1. The van der Waals surface area contributed by atoms with Crippen molar-refractivity contribution in [1.82, 2.24) is 0 Å². The summed E-state index contributed by atoms with van der Waals surface area (Å²) in [5.41, 5.74) is 3.12. The summed E-state index contributed by atoms with van der Waals surface area (Å²) >= 11 is 0. The van der Waals surface area contributed by atoms with E-state index in [1.807, 2.05) is 26.0 Å². The van der Waals surface area contributed by atoms with Crippen molar-refractivity contribution in [3.05, 3.63) is 28.8 Å². The Hall–Kier alpha value is -1.06. The normalized spacial score (nSPS) is 19.2. The van der Waals surface area contributed by atoms with Crippen molar-refractivity contribution >= 4 is 0 Å². The Morgan fingerprint density at radius 1 is 1.33 bits per heavy atom. The Bertz CT molecular complexity index is 372. The van der Waals surface area contributed by atoms with E-state index in [1.54, 1.807) is 0 Å². The van der Waals surface area contributed by atoms with Gasteiger partial charge in [0.2, 0.25) is 0 Å². The SMILES string of the molecule is Cc1cc(CO)cc(C)c1OCCC1CCCO1. The average Bonchev–Trinajstić information content (AvgIpc) is 2.85. The first-order valence-corrected chi connectivity index (χ1v) is 6.66. The Kier molecular flexibility index (Phi) is 4.61. The van der Waals surface area contributed by atoms with Gasteiger partial charge in [-0.15, -0.1) is 0 Å². The Labute approximate surface area is 109 Å². The van der Waals surface area contributed by atoms with E-state index in [1.165, 1.54) is 6.42 Å². The topological polar surface area (TPSA) is 38.7 Å². The molecule has 0 bridgehead atoms. The highest BCUT2D eigenvalue weighted by Crippen LogP contribution is 2.25. The van der Waals surface area contributed by atoms with Crippen LogP contribution in [0.15, 0.2) is 12.1 Å². The van der Waals surface area contributed by atoms with Crippen LogP contribution in [0.1, 0.15) is 36.0 Å². The number of hydrogen-bond acceptors (Lipinski definition) is 3. The highest BCUT2D eigenvalue weighted by molar-refractivity contribution is 5.43. The van der Waals surface area contributed by atoms with Gasteiger partial charge in [-0.3, -0.25) is 0 Å². The molecule has 1 fully saturated rings. The third-order valence-corrected chi connectivity index (χ3v) is 3.41. The standard InChI is InChI=1S/C15H22O3/c1-11-8-13(10-16)9-12(2)15(11)18-7-5-14-4-3-6-17-14/h8-9,14,16H,3-7,10H2,1-2H3. The molecular formula is C15H22O3. The molecule has 0 radical (unpaired) electrons. The number of aliphatic hydroxyl groups is 1. The van der Waals surface area contributed by atoms with Crippen molar-refractivity contribution in [1.29, 1.82) is 0 Å². The van der Waals surface area contributed by atoms with E-state index in [9.17, 15) is 0 Å². The van der Waals surface area contributed by atoms with Crippen molar-refractivity contribution < 1.29 is 14.6 Å². The lowest BCUT2D eigenvalue weighted by molar-refractivity contribution is 0.0901. The molecule has 2 rings (SSSR count). The molecule has 0 saturated carbocycles. The summed E-state index contributed by atoms with van der Waals surface area (Å²) in [6.07, 6.45) is 3.67. The van der Waals surface area contributed by atoms with E-state index in [4.69, 9.17) is 14.6 Å². The molecule has 0 aliphatic carbocycles. The van der Waals surface area contributed by atoms with Gasteiger partial charge < -0.3 is 14.6 Å². The zero-order valence-corrected chi connectivity index (χ0v) is 11.2. The Morgan fingerprint density at radius 3 is 2.61 bits per heavy atom. The third kappa shape index (κ3) is 3.24. The van der Waals surface area contributed by atoms with Crippen LogP contribution < -0.4 is 4.74 Å². The number of aryl methyl sites for hydroxylation is 2. The summed E-state index contributed by atoms with van der Waals surface area (Å²) < 4.78 is 11.4. The molecule has 0 aromatic heterocycles. The molecule has 0 spiro atoms. The number of aliphatic hydroxyl groups excluding tert-OH is 1. The molecule has 100 valence electrons. The van der Waals surface area contributed by atoms with Crippen molar-refractivity contribution in [3.63, 3.8) is 0 Å². The van der Waals surface area contributed by atoms with Gasteiger partial charge in [-0.1, -0.05) is 12.1 Å². The number of rotatable bonds is 5. The summed E-state index contributed by atoms with van der Waals surface area (Å²) in [6, 6.07) is 3.96. The second-order valence-electron chi connectivity index (χ2n) is 4.99. The molecule has 0 amide bonds. The van der Waals surface area contributed by atoms with E-state index < -0.39 is 0 Å². The van der Waals surface area contributed by atoms with Gasteiger partial charge in [-0.2, -0.15) is 0 Å². The maximum absolute atomic E-state index is 9.14. The fraction of sp³-hybridized carbons (Fsp3) is 0.600. The first-order chi connectivity index (χ1) is 8.70. The number of benzene rings is 1. The van der Waals surface area contributed by atoms with Crippen LogP contribution in [-0.2, 0) is 11.3 Å². The van der Waals surface area contributed by atoms with E-state index in [0.717, 1.165) is 41.9 Å². The highest BCUT2D eigenvalue weighted by atomic mass is 16.5. The van der Waals surface area contributed by atoms with Crippen LogP contribution in [0.5, 0.6) is 5.75 Å². The molecular weight excluding hydrogens is 228 g/mol. The highest BCUT2D eigenvalue weighted by Gasteiger charge is 2.15. The van der Waals surface area contributed by atoms with Crippen LogP contribution in [0.25, 0.3) is 0 Å². The van der Waals surface area contributed by atoms with Crippen LogP contribution in [0.2, 0.25) is 0 Å². The third-order valence-electron chi connectivity index (χ3n) is 3.41. The Balaban J connectivity index is 1.92. The minimum Gasteiger partial charge on any atom is -0.493 e. The second-order valence-corrected chi connectivity index (χ2v) is 4.99. The number of hydrogen-bond donors (Lipinski definition) is 1. The van der Waals surface area contributed by atoms with Crippen LogP contribution in [0, 0.1) is 13.8 Å². The molecule has 3 nitrogen and oxygen atoms in total. The van der Waals surface area contributed by atoms with E-state index in [0.29, 0.717) is 12.7 Å². The molecule has 1 aromatic rings. The van der Waals surface area contributed by atoms with E-state index in [-0.39, 0.29) is 6.61 Å². The van der Waals surface area contributed by atoms with Gasteiger partial charge >= 0.3 is 0 Å². The van der Waals surface area contributed by atoms with Crippen LogP contribution in [-0.4, -0.2) is 24.4 Å². The summed E-state index contributed by atoms with van der Waals surface area (Å²) in [4.78, 5) is 0. The van der Waals surface area contributed by atoms with Crippen LogP contribution in [0.4, 0.5) is 0 Å². The smallest absolute Gasteiger partial charge is 0.125 e. The minimum atomic E-state index is 0.0812. The zero-order valence-electron chi connectivity index (χ0n) is 11.2. The van der Waals surface area contributed by atoms with Crippen molar-refractivity contribution in [3.8, 4) is 5.75 Å². The van der Waals surface area contributed by atoms with Gasteiger partial charge in [0.15, 0.2) is 0 Å². The van der Waals surface area contributed by atoms with Crippen LogP contribution >= 0.6 is 0 Å². The molecule has 18 heavy (non-hydrogen) atoms. The molecule has 1 aliphatic rings. The van der Waals surface area contributed by atoms with Gasteiger partial charge in [0.05, 0.1) is 19.3 Å². The minimum absolute atomic E-state index is 0.0812. The zero-order chi connectivity index (χ0) is 13.0. The maximum atomic E-state index is 9.14. The van der Waals surface area contributed by atoms with Crippen LogP contribution in [0.3, 0.4) is 0 Å². The fourth-order valence-electron chi connectivity index (χ4n) is 2.52. The van der Waals surface area contributed by atoms with Gasteiger partial charge in [-0.05, 0) is 43.4 Å². The molecule has 1 N–H and O–H groups in total. The summed E-state index contributed by atoms with van der Waals surface area (Å²) in [5, 5.41) is 9.14. The summed E-state index contributed by atoms with van der Waals surface area (Å²) in [6.45, 7) is 5.72. The molecule has 1 aliphatic heterocycles. The largest absolute Gasteiger partial charge is 0.493 e. The second kappa shape index (κ2) is 6.21. The lowest BCUT2D eigenvalue weighted by Crippen LogP contribution is -2.11. The van der Waals surface area contributed by atoms with Gasteiger partial charge in [0.1, 0.15) is 5.75 Å². The molecule has 1 saturated heterocycles. The maximum Gasteiger partial charge on any atom is 0.125 e. The van der Waals surface area contributed by atoms with Crippen molar-refractivity contribution in [2.75, 3.05) is 13.2 Å². The van der Waals surface area contributed by atoms with Gasteiger partial charge in [-0.25, -0.2) is 0 Å². The molecule has 1 aromatic carbocycles. The molecule has 3 heteroatoms. The van der Waals surface area contributed by atoms with E-state index >= 15 is 0 Å². The first-order valence-electron chi connectivity index (χ1n) is 6.66. The predicted octanol–water partition coefficient (Wildman–Crippen LogP) is 2.74. The van der Waals surface area contributed by atoms with E-state index in [2.05, 4.69) is 0 Å². The molecule has 1 heterocycles. The van der Waals surface area contributed by atoms with Crippen molar-refractivity contribution in [2.24, 2.45) is 0 Å². The predicted molar refractivity (Wildman–Crippen MR) is 70.9 cm³/mol. The quantitative estimate of drug-likeness (QED) is 0.873. The monoisotopic (exact) mass is 250 g/mol. The summed E-state index contributed by atoms with van der Waals surface area (Å²) in [5.74, 6) is 0.949. The molecule has 1 atom stereocenters. The van der Waals surface area contributed by atoms with Gasteiger partial charge in [0, 0.05) is 13.0 Å². The number of ether oxygens (including phenoxy) is 2. The summed E-state index contributed by atoms with van der Waals surface area (Å²) in [7, 11) is 0. The lowest BCUT2D eigenvalue weighted by Gasteiger charge is -2.15. The van der Waals surface area contributed by atoms with Crippen molar-refractivity contribution in [2.45, 2.75) is 45.8 Å². The first kappa shape index (κ1) is 13.4. The fourth-order valence-corrected chi connectivity index (χ4v) is 2.52. The Morgan fingerprint density at radius 2 is 2.06 bits per heavy atom. The average molecular weight is 250 g/mol.